The minimum Gasteiger partial charge on any atom is -0.603 e. The van der Waals surface area contributed by atoms with Gasteiger partial charge in [-0.05, 0) is 24.3 Å². The molecule has 0 radical (unpaired) electrons. The van der Waals surface area contributed by atoms with E-state index in [0.29, 0.717) is 20.8 Å². The molecule has 1 atom stereocenters. The minimum absolute atomic E-state index is 0.0863. The molecule has 1 unspecified atom stereocenters. The van der Waals surface area contributed by atoms with Crippen LogP contribution >= 0.6 is 11.3 Å². The lowest BCUT2D eigenvalue weighted by atomic mass is 10.3. The Hall–Kier alpha value is -2.61. The van der Waals surface area contributed by atoms with Gasteiger partial charge >= 0.3 is 10.8 Å². The molecule has 7 heteroatoms. The first-order chi connectivity index (χ1) is 12.2. The summed E-state index contributed by atoms with van der Waals surface area (Å²) in [6, 6.07) is 18.3. The summed E-state index contributed by atoms with van der Waals surface area (Å²) in [6.07, 6.45) is 0. The second-order valence-electron chi connectivity index (χ2n) is 5.17. The summed E-state index contributed by atoms with van der Waals surface area (Å²) >= 11 is -0.327. The summed E-state index contributed by atoms with van der Waals surface area (Å²) in [5, 5.41) is 5.26. The van der Waals surface area contributed by atoms with Gasteiger partial charge in [-0.2, -0.15) is 4.98 Å². The Kier molecular flexibility index (Phi) is 4.27. The van der Waals surface area contributed by atoms with E-state index in [2.05, 4.69) is 10.3 Å². The fraction of sp³-hybridized carbons (Fsp3) is 0. The normalized spacial score (nSPS) is 12.2. The molecule has 2 aromatic carbocycles. The van der Waals surface area contributed by atoms with Gasteiger partial charge in [0.05, 0.1) is 16.9 Å². The van der Waals surface area contributed by atoms with Crippen LogP contribution in [0.1, 0.15) is 0 Å². The highest BCUT2D eigenvalue weighted by Gasteiger charge is 2.23. The molecule has 0 fully saturated rings. The van der Waals surface area contributed by atoms with Crippen LogP contribution in [-0.4, -0.2) is 9.54 Å². The molecule has 25 heavy (non-hydrogen) atoms. The molecule has 0 bridgehead atoms. The van der Waals surface area contributed by atoms with Crippen LogP contribution < -0.4 is 10.9 Å². The topological polar surface area (TPSA) is 78.2 Å². The molecule has 1 N–H and O–H groups in total. The van der Waals surface area contributed by atoms with E-state index in [4.69, 9.17) is 4.42 Å². The number of rotatable bonds is 4. The van der Waals surface area contributed by atoms with E-state index in [1.165, 1.54) is 11.3 Å². The molecule has 0 amide bonds. The van der Waals surface area contributed by atoms with Crippen molar-refractivity contribution in [2.75, 3.05) is 5.32 Å². The van der Waals surface area contributed by atoms with Gasteiger partial charge in [-0.3, -0.25) is 0 Å². The van der Waals surface area contributed by atoms with Gasteiger partial charge in [-0.15, -0.1) is 11.3 Å². The Bertz CT molecular complexity index is 1060. The van der Waals surface area contributed by atoms with Crippen molar-refractivity contribution in [3.8, 4) is 0 Å². The average molecular weight is 368 g/mol. The van der Waals surface area contributed by atoms with Crippen LogP contribution in [0.25, 0.3) is 10.2 Å². The second kappa shape index (κ2) is 6.72. The van der Waals surface area contributed by atoms with Crippen LogP contribution in [-0.2, 0) is 11.2 Å². The zero-order valence-electron chi connectivity index (χ0n) is 12.8. The number of hydrogen-bond donors (Lipinski definition) is 1. The summed E-state index contributed by atoms with van der Waals surface area (Å²) in [5.74, 6) is 0. The van der Waals surface area contributed by atoms with Gasteiger partial charge in [0.1, 0.15) is 10.2 Å². The van der Waals surface area contributed by atoms with Crippen LogP contribution in [0, 0.1) is 0 Å². The Morgan fingerprint density at radius 2 is 1.72 bits per heavy atom. The molecule has 0 aliphatic heterocycles. The molecule has 0 aliphatic carbocycles. The number of thiophene rings is 1. The van der Waals surface area contributed by atoms with Gasteiger partial charge in [0.2, 0.25) is 0 Å². The Balaban J connectivity index is 1.73. The number of hydrogen-bond acceptors (Lipinski definition) is 6. The third-order valence-electron chi connectivity index (χ3n) is 3.52. The lowest BCUT2D eigenvalue weighted by Crippen LogP contribution is -2.10. The standard InChI is InChI=1S/C18H12N2O3S2/c21-17-15-14(19-12-7-3-1-4-8-12)11-24-16(15)20-18(23-17)25(22)13-9-5-2-6-10-13/h1-11,19H. The molecule has 4 aromatic rings. The molecule has 0 spiro atoms. The maximum absolute atomic E-state index is 12.5. The molecule has 2 aromatic heterocycles. The average Bonchev–Trinajstić information content (AvgIpc) is 3.06. The van der Waals surface area contributed by atoms with Gasteiger partial charge in [-0.1, -0.05) is 36.4 Å². The van der Waals surface area contributed by atoms with Crippen molar-refractivity contribution in [2.24, 2.45) is 0 Å². The van der Waals surface area contributed by atoms with Crippen LogP contribution in [0.15, 0.2) is 85.4 Å². The lowest BCUT2D eigenvalue weighted by molar-refractivity contribution is 0.384. The van der Waals surface area contributed by atoms with Crippen LogP contribution in [0.4, 0.5) is 11.4 Å². The van der Waals surface area contributed by atoms with Crippen molar-refractivity contribution in [1.82, 2.24) is 4.98 Å². The summed E-state index contributed by atoms with van der Waals surface area (Å²) in [6.45, 7) is 0. The number of para-hydroxylation sites is 1. The quantitative estimate of drug-likeness (QED) is 0.547. The van der Waals surface area contributed by atoms with Gasteiger partial charge in [0.15, 0.2) is 4.90 Å². The van der Waals surface area contributed by atoms with Crippen molar-refractivity contribution >= 4 is 44.1 Å². The fourth-order valence-electron chi connectivity index (χ4n) is 2.36. The van der Waals surface area contributed by atoms with Crippen molar-refractivity contribution in [3.05, 3.63) is 76.5 Å². The molecule has 0 aliphatic rings. The predicted molar refractivity (Wildman–Crippen MR) is 99.0 cm³/mol. The number of aromatic nitrogens is 1. The zero-order chi connectivity index (χ0) is 17.2. The van der Waals surface area contributed by atoms with Crippen LogP contribution in [0.2, 0.25) is 0 Å². The molecule has 0 saturated carbocycles. The zero-order valence-corrected chi connectivity index (χ0v) is 14.5. The van der Waals surface area contributed by atoms with E-state index in [1.807, 2.05) is 36.4 Å². The van der Waals surface area contributed by atoms with E-state index < -0.39 is 16.8 Å². The van der Waals surface area contributed by atoms with Crippen molar-refractivity contribution < 1.29 is 8.97 Å². The van der Waals surface area contributed by atoms with Gasteiger partial charge < -0.3 is 14.3 Å². The van der Waals surface area contributed by atoms with Crippen molar-refractivity contribution in [1.29, 1.82) is 0 Å². The molecular formula is C18H12N2O3S2. The van der Waals surface area contributed by atoms with Crippen LogP contribution in [0.3, 0.4) is 0 Å². The smallest absolute Gasteiger partial charge is 0.425 e. The van der Waals surface area contributed by atoms with E-state index in [1.54, 1.807) is 29.6 Å². The van der Waals surface area contributed by atoms with E-state index in [0.717, 1.165) is 5.69 Å². The highest BCUT2D eigenvalue weighted by molar-refractivity contribution is 7.91. The molecular weight excluding hydrogens is 356 g/mol. The predicted octanol–water partition coefficient (Wildman–Crippen LogP) is 4.16. The number of nitrogens with one attached hydrogen (secondary N) is 1. The van der Waals surface area contributed by atoms with Gasteiger partial charge in [0, 0.05) is 11.1 Å². The maximum atomic E-state index is 12.5. The summed E-state index contributed by atoms with van der Waals surface area (Å²) in [4.78, 5) is 17.8. The maximum Gasteiger partial charge on any atom is 0.425 e. The first-order valence-corrected chi connectivity index (χ1v) is 9.46. The number of fused-ring (bicyclic) bond motifs is 1. The molecule has 5 nitrogen and oxygen atoms in total. The first kappa shape index (κ1) is 15.9. The molecule has 2 heterocycles. The largest absolute Gasteiger partial charge is 0.603 e. The monoisotopic (exact) mass is 368 g/mol. The number of nitrogens with zero attached hydrogens (tertiary/aromatic N) is 1. The number of anilines is 2. The van der Waals surface area contributed by atoms with Crippen molar-refractivity contribution in [2.45, 2.75) is 10.1 Å². The SMILES string of the molecule is O=c1oc([S+]([O-])c2ccccc2)nc2scc(Nc3ccccc3)c12. The van der Waals surface area contributed by atoms with Crippen molar-refractivity contribution in [3.63, 3.8) is 0 Å². The van der Waals surface area contributed by atoms with Crippen LogP contribution in [0.5, 0.6) is 0 Å². The van der Waals surface area contributed by atoms with E-state index in [9.17, 15) is 9.35 Å². The molecule has 0 saturated heterocycles. The van der Waals surface area contributed by atoms with E-state index in [-0.39, 0.29) is 5.22 Å². The molecule has 124 valence electrons. The highest BCUT2D eigenvalue weighted by atomic mass is 32.2. The Morgan fingerprint density at radius 1 is 1.04 bits per heavy atom. The van der Waals surface area contributed by atoms with Gasteiger partial charge in [-0.25, -0.2) is 4.79 Å². The van der Waals surface area contributed by atoms with Gasteiger partial charge in [0.25, 0.3) is 0 Å². The summed E-state index contributed by atoms with van der Waals surface area (Å²) in [7, 11) is 0. The summed E-state index contributed by atoms with van der Waals surface area (Å²) in [5.41, 5.74) is 0.937. The third kappa shape index (κ3) is 3.17. The summed E-state index contributed by atoms with van der Waals surface area (Å²) < 4.78 is 17.8. The Labute approximate surface area is 150 Å². The third-order valence-corrected chi connectivity index (χ3v) is 5.58. The second-order valence-corrected chi connectivity index (χ2v) is 7.39. The first-order valence-electron chi connectivity index (χ1n) is 7.43. The fourth-order valence-corrected chi connectivity index (χ4v) is 4.20. The highest BCUT2D eigenvalue weighted by Crippen LogP contribution is 2.30. The Morgan fingerprint density at radius 3 is 2.44 bits per heavy atom. The van der Waals surface area contributed by atoms with E-state index >= 15 is 0 Å². The minimum atomic E-state index is -1.63. The lowest BCUT2D eigenvalue weighted by Gasteiger charge is -2.06. The number of benzene rings is 2. The molecule has 4 rings (SSSR count).